The summed E-state index contributed by atoms with van der Waals surface area (Å²) in [6, 6.07) is 0. The summed E-state index contributed by atoms with van der Waals surface area (Å²) in [7, 11) is 3.69. The lowest BCUT2D eigenvalue weighted by Gasteiger charge is -2.35. The van der Waals surface area contributed by atoms with Crippen LogP contribution in [0.4, 0.5) is 0 Å². The Kier molecular flexibility index (Phi) is 7.71. The van der Waals surface area contributed by atoms with Crippen molar-refractivity contribution in [3.63, 3.8) is 0 Å². The molecule has 3 aliphatic heterocycles. The molecule has 160 valence electrons. The van der Waals surface area contributed by atoms with E-state index >= 15 is 0 Å². The summed E-state index contributed by atoms with van der Waals surface area (Å²) in [4.78, 5) is 29.8. The lowest BCUT2D eigenvalue weighted by Crippen LogP contribution is -2.49. The van der Waals surface area contributed by atoms with Crippen LogP contribution in [0, 0.1) is 5.41 Å². The van der Waals surface area contributed by atoms with Crippen molar-refractivity contribution >= 4 is 11.8 Å². The van der Waals surface area contributed by atoms with Gasteiger partial charge in [0, 0.05) is 53.4 Å². The number of amides is 2. The fraction of sp³-hybridized carbons (Fsp3) is 0.905. The average Bonchev–Trinajstić information content (AvgIpc) is 3.18. The van der Waals surface area contributed by atoms with Crippen LogP contribution in [0.25, 0.3) is 0 Å². The molecule has 0 saturated carbocycles. The molecule has 0 aliphatic carbocycles. The average molecular weight is 396 g/mol. The molecule has 2 amide bonds. The van der Waals surface area contributed by atoms with E-state index in [9.17, 15) is 9.59 Å². The van der Waals surface area contributed by atoms with E-state index in [0.29, 0.717) is 26.1 Å². The zero-order chi connectivity index (χ0) is 20.0. The van der Waals surface area contributed by atoms with Gasteiger partial charge in [-0.3, -0.25) is 9.59 Å². The van der Waals surface area contributed by atoms with Crippen LogP contribution in [0.2, 0.25) is 0 Å². The van der Waals surface area contributed by atoms with E-state index in [4.69, 9.17) is 9.47 Å². The topological polar surface area (TPSA) is 71.1 Å². The number of ether oxygens (including phenoxy) is 2. The molecule has 3 heterocycles. The number of rotatable bonds is 7. The third kappa shape index (κ3) is 5.45. The standard InChI is InChI=1S/C21H37N3O4/c1-23(14-17-7-3-5-11-27-17)19(25)13-21(9-10-22-16-21)20(26)24(2)15-18-8-4-6-12-28-18/h17-18,22H,3-16H2,1-2H3. The molecule has 3 unspecified atom stereocenters. The second kappa shape index (κ2) is 10.0. The van der Waals surface area contributed by atoms with Gasteiger partial charge in [0.2, 0.25) is 11.8 Å². The summed E-state index contributed by atoms with van der Waals surface area (Å²) in [5.74, 6) is 0.107. The highest BCUT2D eigenvalue weighted by Crippen LogP contribution is 2.33. The predicted molar refractivity (Wildman–Crippen MR) is 107 cm³/mol. The number of likely N-dealkylation sites (N-methyl/N-ethyl adjacent to an activating group) is 2. The first-order chi connectivity index (χ1) is 13.5. The van der Waals surface area contributed by atoms with Crippen molar-refractivity contribution in [1.29, 1.82) is 0 Å². The second-order valence-corrected chi connectivity index (χ2v) is 8.82. The molecular weight excluding hydrogens is 358 g/mol. The van der Waals surface area contributed by atoms with Crippen LogP contribution in [-0.2, 0) is 19.1 Å². The van der Waals surface area contributed by atoms with Gasteiger partial charge in [-0.1, -0.05) is 0 Å². The Morgan fingerprint density at radius 3 is 2.07 bits per heavy atom. The summed E-state index contributed by atoms with van der Waals surface area (Å²) < 4.78 is 11.6. The zero-order valence-corrected chi connectivity index (χ0v) is 17.6. The van der Waals surface area contributed by atoms with Crippen molar-refractivity contribution in [2.45, 2.75) is 63.6 Å². The van der Waals surface area contributed by atoms with E-state index in [1.807, 2.05) is 14.1 Å². The molecule has 3 atom stereocenters. The molecule has 0 aromatic rings. The van der Waals surface area contributed by atoms with Crippen molar-refractivity contribution in [3.8, 4) is 0 Å². The van der Waals surface area contributed by atoms with Crippen LogP contribution in [0.1, 0.15) is 51.4 Å². The Morgan fingerprint density at radius 2 is 1.57 bits per heavy atom. The van der Waals surface area contributed by atoms with Gasteiger partial charge >= 0.3 is 0 Å². The minimum Gasteiger partial charge on any atom is -0.376 e. The van der Waals surface area contributed by atoms with Gasteiger partial charge in [0.25, 0.3) is 0 Å². The Balaban J connectivity index is 1.57. The van der Waals surface area contributed by atoms with Gasteiger partial charge in [-0.2, -0.15) is 0 Å². The highest BCUT2D eigenvalue weighted by atomic mass is 16.5. The van der Waals surface area contributed by atoms with Gasteiger partial charge in [0.05, 0.1) is 17.6 Å². The van der Waals surface area contributed by atoms with Crippen molar-refractivity contribution < 1.29 is 19.1 Å². The number of nitrogens with one attached hydrogen (secondary N) is 1. The summed E-state index contributed by atoms with van der Waals surface area (Å²) in [6.45, 7) is 4.14. The van der Waals surface area contributed by atoms with Gasteiger partial charge in [-0.25, -0.2) is 0 Å². The molecule has 7 heteroatoms. The lowest BCUT2D eigenvalue weighted by atomic mass is 9.81. The molecule has 0 radical (unpaired) electrons. The van der Waals surface area contributed by atoms with Gasteiger partial charge < -0.3 is 24.6 Å². The Hall–Kier alpha value is -1.18. The Morgan fingerprint density at radius 1 is 0.964 bits per heavy atom. The van der Waals surface area contributed by atoms with E-state index in [2.05, 4.69) is 5.32 Å². The summed E-state index contributed by atoms with van der Waals surface area (Å²) >= 11 is 0. The maximum absolute atomic E-state index is 13.3. The predicted octanol–water partition coefficient (Wildman–Crippen LogP) is 1.41. The minimum atomic E-state index is -0.637. The first-order valence-electron chi connectivity index (χ1n) is 10.9. The molecule has 28 heavy (non-hydrogen) atoms. The molecule has 0 aromatic carbocycles. The number of hydrogen-bond acceptors (Lipinski definition) is 5. The molecule has 0 aromatic heterocycles. The third-order valence-corrected chi connectivity index (χ3v) is 6.46. The van der Waals surface area contributed by atoms with E-state index < -0.39 is 5.41 Å². The maximum atomic E-state index is 13.3. The van der Waals surface area contributed by atoms with Crippen LogP contribution in [0.3, 0.4) is 0 Å². The monoisotopic (exact) mass is 395 g/mol. The molecule has 3 aliphatic rings. The molecule has 0 bridgehead atoms. The first kappa shape index (κ1) is 21.5. The molecular formula is C21H37N3O4. The Labute approximate surface area is 169 Å². The molecule has 3 rings (SSSR count). The van der Waals surface area contributed by atoms with Crippen molar-refractivity contribution in [2.75, 3.05) is 53.5 Å². The van der Waals surface area contributed by atoms with Gasteiger partial charge in [-0.05, 0) is 51.5 Å². The van der Waals surface area contributed by atoms with E-state index in [1.165, 1.54) is 0 Å². The fourth-order valence-electron chi connectivity index (χ4n) is 4.68. The molecule has 3 saturated heterocycles. The molecule has 3 fully saturated rings. The van der Waals surface area contributed by atoms with Gasteiger partial charge in [0.1, 0.15) is 0 Å². The minimum absolute atomic E-state index is 0.0357. The highest BCUT2D eigenvalue weighted by molar-refractivity contribution is 5.89. The van der Waals surface area contributed by atoms with Crippen LogP contribution in [-0.4, -0.2) is 87.3 Å². The quantitative estimate of drug-likeness (QED) is 0.706. The zero-order valence-electron chi connectivity index (χ0n) is 17.6. The number of nitrogens with zero attached hydrogens (tertiary/aromatic N) is 2. The van der Waals surface area contributed by atoms with Gasteiger partial charge in [0.15, 0.2) is 0 Å². The van der Waals surface area contributed by atoms with Crippen molar-refractivity contribution in [2.24, 2.45) is 5.41 Å². The smallest absolute Gasteiger partial charge is 0.230 e. The summed E-state index contributed by atoms with van der Waals surface area (Å²) in [6.07, 6.45) is 7.76. The van der Waals surface area contributed by atoms with E-state index in [1.54, 1.807) is 9.80 Å². The summed E-state index contributed by atoms with van der Waals surface area (Å²) in [5.41, 5.74) is -0.637. The fourth-order valence-corrected chi connectivity index (χ4v) is 4.68. The summed E-state index contributed by atoms with van der Waals surface area (Å²) in [5, 5.41) is 3.30. The largest absolute Gasteiger partial charge is 0.376 e. The Bertz CT molecular complexity index is 524. The van der Waals surface area contributed by atoms with Crippen molar-refractivity contribution in [3.05, 3.63) is 0 Å². The van der Waals surface area contributed by atoms with Crippen LogP contribution < -0.4 is 5.32 Å². The van der Waals surface area contributed by atoms with Crippen LogP contribution in [0.5, 0.6) is 0 Å². The maximum Gasteiger partial charge on any atom is 0.230 e. The van der Waals surface area contributed by atoms with Gasteiger partial charge in [-0.15, -0.1) is 0 Å². The lowest BCUT2D eigenvalue weighted by molar-refractivity contribution is -0.148. The molecule has 7 nitrogen and oxygen atoms in total. The number of hydrogen-bond donors (Lipinski definition) is 1. The normalized spacial score (nSPS) is 30.8. The third-order valence-electron chi connectivity index (χ3n) is 6.46. The SMILES string of the molecule is CN(CC1CCCCO1)C(=O)CC1(C(=O)N(C)CC2CCCCO2)CCNC1. The number of carbonyl (C=O) groups excluding carboxylic acids is 2. The van der Waals surface area contributed by atoms with E-state index in [-0.39, 0.29) is 30.4 Å². The molecule has 1 N–H and O–H groups in total. The van der Waals surface area contributed by atoms with Crippen LogP contribution >= 0.6 is 0 Å². The van der Waals surface area contributed by atoms with Crippen LogP contribution in [0.15, 0.2) is 0 Å². The van der Waals surface area contributed by atoms with Crippen molar-refractivity contribution in [1.82, 2.24) is 15.1 Å². The number of carbonyl (C=O) groups is 2. The highest BCUT2D eigenvalue weighted by Gasteiger charge is 2.45. The molecule has 0 spiro atoms. The van der Waals surface area contributed by atoms with E-state index in [0.717, 1.165) is 58.3 Å². The first-order valence-corrected chi connectivity index (χ1v) is 10.9. The second-order valence-electron chi connectivity index (χ2n) is 8.82.